The maximum atomic E-state index is 11.2. The monoisotopic (exact) mass is 341 g/mol. The van der Waals surface area contributed by atoms with Crippen molar-refractivity contribution in [1.29, 1.82) is 0 Å². The Kier molecular flexibility index (Phi) is 4.79. The molecule has 0 aliphatic carbocycles. The maximum Gasteiger partial charge on any atom is 0.303 e. The van der Waals surface area contributed by atoms with Gasteiger partial charge in [0.05, 0.1) is 17.0 Å². The highest BCUT2D eigenvalue weighted by Crippen LogP contribution is 2.27. The van der Waals surface area contributed by atoms with Crippen LogP contribution in [0.2, 0.25) is 0 Å². The van der Waals surface area contributed by atoms with Gasteiger partial charge in [0, 0.05) is 10.6 Å². The molecule has 2 rings (SSSR count). The van der Waals surface area contributed by atoms with Crippen LogP contribution in [0.15, 0.2) is 29.2 Å². The minimum absolute atomic E-state index is 0.0375. The van der Waals surface area contributed by atoms with Crippen LogP contribution in [-0.2, 0) is 21.2 Å². The lowest BCUT2D eigenvalue weighted by Gasteiger charge is -2.03. The number of aliphatic carboxylic acids is 1. The van der Waals surface area contributed by atoms with Gasteiger partial charge in [0.25, 0.3) is 0 Å². The topological polar surface area (TPSA) is 122 Å². The third kappa shape index (κ3) is 4.26. The van der Waals surface area contributed by atoms with Crippen molar-refractivity contribution in [1.82, 2.24) is 4.98 Å². The van der Waals surface area contributed by atoms with E-state index in [0.29, 0.717) is 17.2 Å². The fraction of sp³-hybridized carbons (Fsp3) is 0.231. The summed E-state index contributed by atoms with van der Waals surface area (Å²) in [6.45, 7) is 1.82. The molecule has 1 heterocycles. The molecule has 0 spiro atoms. The maximum absolute atomic E-state index is 11.2. The van der Waals surface area contributed by atoms with Crippen LogP contribution in [0.5, 0.6) is 0 Å². The number of primary sulfonamides is 1. The summed E-state index contributed by atoms with van der Waals surface area (Å²) in [6.07, 6.45) is 0.496. The number of carbonyl (C=O) groups is 1. The number of aromatic nitrogens is 1. The molecule has 9 heteroatoms. The van der Waals surface area contributed by atoms with Gasteiger partial charge in [-0.25, -0.2) is 18.5 Å². The summed E-state index contributed by atoms with van der Waals surface area (Å²) in [4.78, 5) is 15.9. The first kappa shape index (κ1) is 16.4. The molecule has 0 bridgehead atoms. The average Bonchev–Trinajstić information content (AvgIpc) is 2.76. The van der Waals surface area contributed by atoms with Gasteiger partial charge in [-0.05, 0) is 37.6 Å². The van der Waals surface area contributed by atoms with E-state index in [1.54, 1.807) is 12.1 Å². The summed E-state index contributed by atoms with van der Waals surface area (Å²) < 4.78 is 22.4. The van der Waals surface area contributed by atoms with Crippen LogP contribution < -0.4 is 10.5 Å². The molecule has 1 aromatic heterocycles. The summed E-state index contributed by atoms with van der Waals surface area (Å²) in [5.41, 5.74) is 1.46. The van der Waals surface area contributed by atoms with Crippen LogP contribution in [-0.4, -0.2) is 24.5 Å². The quantitative estimate of drug-likeness (QED) is 0.737. The molecule has 0 radical (unpaired) electrons. The van der Waals surface area contributed by atoms with Crippen molar-refractivity contribution >= 4 is 38.1 Å². The van der Waals surface area contributed by atoms with E-state index in [4.69, 9.17) is 10.2 Å². The molecule has 118 valence electrons. The van der Waals surface area contributed by atoms with E-state index < -0.39 is 16.0 Å². The minimum atomic E-state index is -3.71. The Hall–Kier alpha value is -1.97. The molecule has 0 unspecified atom stereocenters. The number of benzene rings is 1. The van der Waals surface area contributed by atoms with Gasteiger partial charge < -0.3 is 10.4 Å². The molecular weight excluding hydrogens is 326 g/mol. The lowest BCUT2D eigenvalue weighted by Crippen LogP contribution is -2.11. The molecule has 1 aromatic carbocycles. The normalized spacial score (nSPS) is 11.4. The standard InChI is InChI=1S/C13H15N3O4S2/c1-8-11(6-7-12(17)18)21-13(15-8)16-9-2-4-10(5-3-9)22(14,19)20/h2-5H,6-7H2,1H3,(H,15,16)(H,17,18)(H2,14,19,20). The highest BCUT2D eigenvalue weighted by atomic mass is 32.2. The lowest BCUT2D eigenvalue weighted by molar-refractivity contribution is -0.136. The number of anilines is 2. The summed E-state index contributed by atoms with van der Waals surface area (Å²) >= 11 is 1.38. The van der Waals surface area contributed by atoms with Gasteiger partial charge >= 0.3 is 5.97 Å². The Labute approximate surface area is 131 Å². The SMILES string of the molecule is Cc1nc(Nc2ccc(S(N)(=O)=O)cc2)sc1CCC(=O)O. The smallest absolute Gasteiger partial charge is 0.303 e. The Morgan fingerprint density at radius 2 is 2.00 bits per heavy atom. The van der Waals surface area contributed by atoms with E-state index in [9.17, 15) is 13.2 Å². The molecular formula is C13H15N3O4S2. The number of sulfonamides is 1. The molecule has 0 aliphatic heterocycles. The van der Waals surface area contributed by atoms with E-state index in [-0.39, 0.29) is 11.3 Å². The highest BCUT2D eigenvalue weighted by molar-refractivity contribution is 7.89. The van der Waals surface area contributed by atoms with Crippen molar-refractivity contribution in [2.75, 3.05) is 5.32 Å². The van der Waals surface area contributed by atoms with Crippen LogP contribution in [0, 0.1) is 6.92 Å². The van der Waals surface area contributed by atoms with Crippen LogP contribution in [0.1, 0.15) is 17.0 Å². The molecule has 0 fully saturated rings. The molecule has 22 heavy (non-hydrogen) atoms. The fourth-order valence-corrected chi connectivity index (χ4v) is 3.28. The third-order valence-electron chi connectivity index (χ3n) is 2.89. The van der Waals surface area contributed by atoms with Gasteiger partial charge in [0.1, 0.15) is 0 Å². The third-order valence-corrected chi connectivity index (χ3v) is 4.95. The number of aryl methyl sites for hydroxylation is 2. The zero-order valence-corrected chi connectivity index (χ0v) is 13.4. The van der Waals surface area contributed by atoms with E-state index in [1.165, 1.54) is 23.5 Å². The van der Waals surface area contributed by atoms with Crippen molar-refractivity contribution in [3.63, 3.8) is 0 Å². The second-order valence-electron chi connectivity index (χ2n) is 4.62. The molecule has 0 atom stereocenters. The number of carboxylic acids is 1. The number of nitrogens with zero attached hydrogens (tertiary/aromatic N) is 1. The van der Waals surface area contributed by atoms with Crippen LogP contribution in [0.3, 0.4) is 0 Å². The molecule has 4 N–H and O–H groups in total. The molecule has 2 aromatic rings. The molecule has 7 nitrogen and oxygen atoms in total. The van der Waals surface area contributed by atoms with Crippen LogP contribution in [0.25, 0.3) is 0 Å². The van der Waals surface area contributed by atoms with Gasteiger partial charge in [-0.3, -0.25) is 4.79 Å². The number of hydrogen-bond acceptors (Lipinski definition) is 6. The van der Waals surface area contributed by atoms with Crippen molar-refractivity contribution in [3.05, 3.63) is 34.8 Å². The largest absolute Gasteiger partial charge is 0.481 e. The summed E-state index contributed by atoms with van der Waals surface area (Å²) in [7, 11) is -3.71. The number of thiazole rings is 1. The van der Waals surface area contributed by atoms with Crippen molar-refractivity contribution in [2.24, 2.45) is 5.14 Å². The number of nitrogens with two attached hydrogens (primary N) is 1. The van der Waals surface area contributed by atoms with Gasteiger partial charge in [0.2, 0.25) is 10.0 Å². The zero-order valence-electron chi connectivity index (χ0n) is 11.7. The summed E-state index contributed by atoms with van der Waals surface area (Å²) in [5.74, 6) is -0.846. The average molecular weight is 341 g/mol. The minimum Gasteiger partial charge on any atom is -0.481 e. The second kappa shape index (κ2) is 6.42. The Morgan fingerprint density at radius 3 is 2.55 bits per heavy atom. The summed E-state index contributed by atoms with van der Waals surface area (Å²) in [6, 6.07) is 5.99. The Morgan fingerprint density at radius 1 is 1.36 bits per heavy atom. The summed E-state index contributed by atoms with van der Waals surface area (Å²) in [5, 5.41) is 17.4. The van der Waals surface area contributed by atoms with Crippen molar-refractivity contribution in [3.8, 4) is 0 Å². The van der Waals surface area contributed by atoms with Gasteiger partial charge in [-0.15, -0.1) is 11.3 Å². The van der Waals surface area contributed by atoms with E-state index in [2.05, 4.69) is 10.3 Å². The van der Waals surface area contributed by atoms with Crippen LogP contribution >= 0.6 is 11.3 Å². The number of nitrogens with one attached hydrogen (secondary N) is 1. The molecule has 0 saturated carbocycles. The first-order chi connectivity index (χ1) is 10.3. The van der Waals surface area contributed by atoms with E-state index in [0.717, 1.165) is 10.6 Å². The van der Waals surface area contributed by atoms with Gasteiger partial charge in [-0.1, -0.05) is 0 Å². The van der Waals surface area contributed by atoms with Crippen molar-refractivity contribution in [2.45, 2.75) is 24.7 Å². The fourth-order valence-electron chi connectivity index (χ4n) is 1.79. The number of carboxylic acid groups (broad SMARTS) is 1. The first-order valence-corrected chi connectivity index (χ1v) is 8.70. The number of rotatable bonds is 6. The van der Waals surface area contributed by atoms with Crippen molar-refractivity contribution < 1.29 is 18.3 Å². The predicted molar refractivity (Wildman–Crippen MR) is 83.9 cm³/mol. The van der Waals surface area contributed by atoms with Crippen LogP contribution in [0.4, 0.5) is 10.8 Å². The zero-order chi connectivity index (χ0) is 16.3. The van der Waals surface area contributed by atoms with Gasteiger partial charge in [-0.2, -0.15) is 0 Å². The van der Waals surface area contributed by atoms with Gasteiger partial charge in [0.15, 0.2) is 5.13 Å². The lowest BCUT2D eigenvalue weighted by atomic mass is 10.2. The Bertz CT molecular complexity index is 782. The molecule has 0 aliphatic rings. The predicted octanol–water partition coefficient (Wildman–Crippen LogP) is 1.86. The second-order valence-corrected chi connectivity index (χ2v) is 7.26. The highest BCUT2D eigenvalue weighted by Gasteiger charge is 2.11. The Balaban J connectivity index is 2.11. The van der Waals surface area contributed by atoms with E-state index in [1.807, 2.05) is 6.92 Å². The first-order valence-electron chi connectivity index (χ1n) is 6.33. The molecule has 0 amide bonds. The van der Waals surface area contributed by atoms with E-state index >= 15 is 0 Å². The number of hydrogen-bond donors (Lipinski definition) is 3. The molecule has 0 saturated heterocycles.